The number of hydrogen-bond donors (Lipinski definition) is 2. The SMILES string of the molecule is CC(NN)c1snnc1C(C)(C)C. The molecule has 74 valence electrons. The zero-order chi connectivity index (χ0) is 10.1. The molecule has 0 radical (unpaired) electrons. The number of rotatable bonds is 2. The van der Waals surface area contributed by atoms with Crippen LogP contribution in [0, 0.1) is 0 Å². The van der Waals surface area contributed by atoms with E-state index in [-0.39, 0.29) is 11.5 Å². The quantitative estimate of drug-likeness (QED) is 0.559. The van der Waals surface area contributed by atoms with E-state index in [9.17, 15) is 0 Å². The minimum absolute atomic E-state index is 0.0352. The summed E-state index contributed by atoms with van der Waals surface area (Å²) in [5.74, 6) is 5.38. The number of nitrogens with zero attached hydrogens (tertiary/aromatic N) is 2. The smallest absolute Gasteiger partial charge is 0.0857 e. The van der Waals surface area contributed by atoms with Gasteiger partial charge in [-0.05, 0) is 18.5 Å². The first-order valence-corrected chi connectivity index (χ1v) is 5.03. The molecule has 0 aliphatic rings. The lowest BCUT2D eigenvalue weighted by molar-refractivity contribution is 0.535. The third-order valence-electron chi connectivity index (χ3n) is 1.87. The molecule has 0 spiro atoms. The van der Waals surface area contributed by atoms with E-state index in [2.05, 4.69) is 35.8 Å². The molecule has 0 saturated carbocycles. The van der Waals surface area contributed by atoms with Crippen molar-refractivity contribution in [2.45, 2.75) is 39.2 Å². The van der Waals surface area contributed by atoms with Crippen LogP contribution in [0.5, 0.6) is 0 Å². The van der Waals surface area contributed by atoms with Gasteiger partial charge in [0.2, 0.25) is 0 Å². The molecule has 1 atom stereocenters. The van der Waals surface area contributed by atoms with Crippen molar-refractivity contribution in [3.8, 4) is 0 Å². The van der Waals surface area contributed by atoms with Crippen molar-refractivity contribution in [1.29, 1.82) is 0 Å². The molecular formula is C8H16N4S. The standard InChI is InChI=1S/C8H16N4S/c1-5(10-9)6-7(8(2,3)4)11-12-13-6/h5,10H,9H2,1-4H3. The molecule has 1 aromatic heterocycles. The summed E-state index contributed by atoms with van der Waals surface area (Å²) in [6.45, 7) is 8.37. The molecular weight excluding hydrogens is 184 g/mol. The molecule has 13 heavy (non-hydrogen) atoms. The fraction of sp³-hybridized carbons (Fsp3) is 0.750. The van der Waals surface area contributed by atoms with E-state index in [1.54, 1.807) is 0 Å². The van der Waals surface area contributed by atoms with Gasteiger partial charge < -0.3 is 0 Å². The monoisotopic (exact) mass is 200 g/mol. The molecule has 0 aliphatic heterocycles. The van der Waals surface area contributed by atoms with Gasteiger partial charge in [-0.15, -0.1) is 5.10 Å². The highest BCUT2D eigenvalue weighted by Crippen LogP contribution is 2.29. The molecule has 0 aromatic carbocycles. The maximum Gasteiger partial charge on any atom is 0.0857 e. The van der Waals surface area contributed by atoms with Crippen molar-refractivity contribution in [3.63, 3.8) is 0 Å². The Kier molecular flexibility index (Phi) is 3.00. The molecule has 1 heterocycles. The predicted octanol–water partition coefficient (Wildman–Crippen LogP) is 1.36. The maximum atomic E-state index is 5.38. The first-order chi connectivity index (χ1) is 5.96. The minimum Gasteiger partial charge on any atom is -0.271 e. The van der Waals surface area contributed by atoms with Crippen molar-refractivity contribution >= 4 is 11.5 Å². The highest BCUT2D eigenvalue weighted by atomic mass is 32.1. The lowest BCUT2D eigenvalue weighted by Crippen LogP contribution is -2.27. The predicted molar refractivity (Wildman–Crippen MR) is 54.3 cm³/mol. The van der Waals surface area contributed by atoms with Crippen LogP contribution >= 0.6 is 11.5 Å². The Bertz CT molecular complexity index is 276. The number of nitrogens with two attached hydrogens (primary N) is 1. The second-order valence-electron chi connectivity index (χ2n) is 4.12. The first kappa shape index (κ1) is 10.6. The summed E-state index contributed by atoms with van der Waals surface area (Å²) in [5.41, 5.74) is 3.78. The van der Waals surface area contributed by atoms with E-state index in [0.29, 0.717) is 0 Å². The van der Waals surface area contributed by atoms with Crippen LogP contribution < -0.4 is 11.3 Å². The zero-order valence-corrected chi connectivity index (χ0v) is 9.27. The van der Waals surface area contributed by atoms with Gasteiger partial charge in [0.15, 0.2) is 0 Å². The number of nitrogens with one attached hydrogen (secondary N) is 1. The summed E-state index contributed by atoms with van der Waals surface area (Å²) in [4.78, 5) is 1.12. The van der Waals surface area contributed by atoms with Crippen molar-refractivity contribution in [2.75, 3.05) is 0 Å². The second kappa shape index (κ2) is 3.69. The Hall–Kier alpha value is -0.520. The van der Waals surface area contributed by atoms with Crippen molar-refractivity contribution in [3.05, 3.63) is 10.6 Å². The van der Waals surface area contributed by atoms with Gasteiger partial charge in [0, 0.05) is 5.41 Å². The van der Waals surface area contributed by atoms with Crippen LogP contribution in [-0.2, 0) is 5.41 Å². The third kappa shape index (κ3) is 2.24. The van der Waals surface area contributed by atoms with Crippen molar-refractivity contribution in [1.82, 2.24) is 15.0 Å². The largest absolute Gasteiger partial charge is 0.271 e. The Labute approximate surface area is 82.7 Å². The summed E-state index contributed by atoms with van der Waals surface area (Å²) in [6.07, 6.45) is 0. The van der Waals surface area contributed by atoms with Gasteiger partial charge in [-0.1, -0.05) is 25.3 Å². The molecule has 0 fully saturated rings. The van der Waals surface area contributed by atoms with Crippen LogP contribution in [0.25, 0.3) is 0 Å². The normalized spacial score (nSPS) is 14.5. The molecule has 1 rings (SSSR count). The lowest BCUT2D eigenvalue weighted by Gasteiger charge is -2.18. The van der Waals surface area contributed by atoms with Gasteiger partial charge in [-0.3, -0.25) is 11.3 Å². The fourth-order valence-electron chi connectivity index (χ4n) is 1.08. The molecule has 1 unspecified atom stereocenters. The van der Waals surface area contributed by atoms with E-state index in [1.165, 1.54) is 11.5 Å². The van der Waals surface area contributed by atoms with Crippen LogP contribution in [0.1, 0.15) is 44.3 Å². The lowest BCUT2D eigenvalue weighted by atomic mass is 9.90. The van der Waals surface area contributed by atoms with Crippen LogP contribution in [0.3, 0.4) is 0 Å². The molecule has 1 aromatic rings. The van der Waals surface area contributed by atoms with Gasteiger partial charge >= 0.3 is 0 Å². The molecule has 0 amide bonds. The van der Waals surface area contributed by atoms with Crippen LogP contribution in [0.4, 0.5) is 0 Å². The minimum atomic E-state index is 0.0352. The summed E-state index contributed by atoms with van der Waals surface area (Å²) in [5, 5.41) is 4.13. The van der Waals surface area contributed by atoms with Crippen LogP contribution in [0.2, 0.25) is 0 Å². The molecule has 3 N–H and O–H groups in total. The summed E-state index contributed by atoms with van der Waals surface area (Å²) in [6, 6.07) is 0.120. The summed E-state index contributed by atoms with van der Waals surface area (Å²) >= 11 is 1.41. The van der Waals surface area contributed by atoms with E-state index in [0.717, 1.165) is 10.6 Å². The Morgan fingerprint density at radius 2 is 2.08 bits per heavy atom. The second-order valence-corrected chi connectivity index (χ2v) is 4.91. The highest BCUT2D eigenvalue weighted by Gasteiger charge is 2.24. The Balaban J connectivity index is 3.03. The van der Waals surface area contributed by atoms with Crippen molar-refractivity contribution in [2.24, 2.45) is 5.84 Å². The maximum absolute atomic E-state index is 5.38. The summed E-state index contributed by atoms with van der Waals surface area (Å²) < 4.78 is 3.95. The highest BCUT2D eigenvalue weighted by molar-refractivity contribution is 7.05. The third-order valence-corrected chi connectivity index (χ3v) is 2.77. The van der Waals surface area contributed by atoms with Gasteiger partial charge in [0.1, 0.15) is 0 Å². The molecule has 0 saturated heterocycles. The average Bonchev–Trinajstić information content (AvgIpc) is 2.49. The van der Waals surface area contributed by atoms with Gasteiger partial charge in [-0.2, -0.15) is 0 Å². The molecule has 5 heteroatoms. The number of hydrogen-bond acceptors (Lipinski definition) is 5. The van der Waals surface area contributed by atoms with Crippen molar-refractivity contribution < 1.29 is 0 Å². The molecule has 0 bridgehead atoms. The molecule has 4 nitrogen and oxygen atoms in total. The van der Waals surface area contributed by atoms with Crippen LogP contribution in [0.15, 0.2) is 0 Å². The fourth-order valence-corrected chi connectivity index (χ4v) is 1.95. The van der Waals surface area contributed by atoms with Crippen LogP contribution in [-0.4, -0.2) is 9.59 Å². The van der Waals surface area contributed by atoms with Gasteiger partial charge in [0.25, 0.3) is 0 Å². The Morgan fingerprint density at radius 1 is 1.46 bits per heavy atom. The molecule has 0 aliphatic carbocycles. The van der Waals surface area contributed by atoms with E-state index in [1.807, 2.05) is 6.92 Å². The van der Waals surface area contributed by atoms with Gasteiger partial charge in [-0.25, -0.2) is 0 Å². The topological polar surface area (TPSA) is 63.8 Å². The van der Waals surface area contributed by atoms with E-state index < -0.39 is 0 Å². The zero-order valence-electron chi connectivity index (χ0n) is 8.46. The first-order valence-electron chi connectivity index (χ1n) is 4.25. The number of hydrazine groups is 1. The van der Waals surface area contributed by atoms with E-state index >= 15 is 0 Å². The summed E-state index contributed by atoms with van der Waals surface area (Å²) in [7, 11) is 0. The Morgan fingerprint density at radius 3 is 2.54 bits per heavy atom. The average molecular weight is 200 g/mol. The van der Waals surface area contributed by atoms with E-state index in [4.69, 9.17) is 5.84 Å². The van der Waals surface area contributed by atoms with Gasteiger partial charge in [0.05, 0.1) is 16.6 Å². The number of aromatic nitrogens is 2.